The van der Waals surface area contributed by atoms with E-state index in [-0.39, 0.29) is 11.8 Å². The number of rotatable bonds is 8. The molecule has 0 atom stereocenters. The summed E-state index contributed by atoms with van der Waals surface area (Å²) in [6, 6.07) is 0. The fraction of sp³-hybridized carbons (Fsp3) is 0.818. The predicted octanol–water partition coefficient (Wildman–Crippen LogP) is 5.62. The van der Waals surface area contributed by atoms with E-state index < -0.39 is 0 Å². The summed E-state index contributed by atoms with van der Waals surface area (Å²) >= 11 is 0. The van der Waals surface area contributed by atoms with Crippen LogP contribution in [0.2, 0.25) is 0 Å². The van der Waals surface area contributed by atoms with Crippen LogP contribution in [0, 0.1) is 5.92 Å². The van der Waals surface area contributed by atoms with Crippen LogP contribution in [0.15, 0.2) is 12.2 Å². The van der Waals surface area contributed by atoms with Gasteiger partial charge in [0.05, 0.1) is 0 Å². The Morgan fingerprint density at radius 2 is 1.50 bits per heavy atom. The summed E-state index contributed by atoms with van der Waals surface area (Å²) in [7, 11) is 0. The van der Waals surface area contributed by atoms with Crippen molar-refractivity contribution in [1.82, 2.24) is 10.6 Å². The van der Waals surface area contributed by atoms with Crippen LogP contribution >= 0.6 is 0 Å². The molecule has 0 aliphatic heterocycles. The van der Waals surface area contributed by atoms with Crippen LogP contribution in [0.4, 0.5) is 0 Å². The molecule has 1 fully saturated rings. The summed E-state index contributed by atoms with van der Waals surface area (Å²) in [5, 5.41) is 5.40. The Balaban J connectivity index is -0.000000433. The molecule has 0 aromatic heterocycles. The highest BCUT2D eigenvalue weighted by Crippen LogP contribution is 2.22. The first-order valence-electron chi connectivity index (χ1n) is 10.7. The van der Waals surface area contributed by atoms with E-state index in [1.54, 1.807) is 0 Å². The molecule has 1 aliphatic carbocycles. The normalized spacial score (nSPS) is 12.7. The third kappa shape index (κ3) is 24.9. The van der Waals surface area contributed by atoms with Crippen LogP contribution in [0.25, 0.3) is 0 Å². The summed E-state index contributed by atoms with van der Waals surface area (Å²) < 4.78 is 0. The number of carbonyl (C=O) groups is 2. The fourth-order valence-electron chi connectivity index (χ4n) is 2.37. The lowest BCUT2D eigenvalue weighted by molar-refractivity contribution is -0.122. The van der Waals surface area contributed by atoms with E-state index in [9.17, 15) is 9.59 Å². The van der Waals surface area contributed by atoms with Crippen molar-refractivity contribution < 1.29 is 9.59 Å². The monoisotopic (exact) mass is 370 g/mol. The lowest BCUT2D eigenvalue weighted by Crippen LogP contribution is -2.30. The standard InChI is InChI=1S/C12H22N2O2.C6H12.2C2H6/c1-3-5-6-7-8-11(15)14-10-9-12(16)13-4-2;1-6-4-2-3-5-6;2*1-2/h3,5H,4,6-10H2,1-2H3,(H,13,16)(H,14,15);6H,2-5H2,1H3;2*1-2H3/b5-3-;;;. The highest BCUT2D eigenvalue weighted by atomic mass is 16.2. The van der Waals surface area contributed by atoms with Crippen molar-refractivity contribution in [2.45, 2.75) is 99.8 Å². The summed E-state index contributed by atoms with van der Waals surface area (Å²) in [5.41, 5.74) is 0. The third-order valence-electron chi connectivity index (χ3n) is 3.70. The molecule has 2 amide bonds. The Morgan fingerprint density at radius 1 is 0.962 bits per heavy atom. The molecule has 4 nitrogen and oxygen atoms in total. The molecule has 4 heteroatoms. The summed E-state index contributed by atoms with van der Waals surface area (Å²) in [6.45, 7) is 15.2. The average molecular weight is 371 g/mol. The van der Waals surface area contributed by atoms with Crippen molar-refractivity contribution in [3.05, 3.63) is 12.2 Å². The molecule has 0 heterocycles. The summed E-state index contributed by atoms with van der Waals surface area (Å²) in [4.78, 5) is 22.3. The van der Waals surface area contributed by atoms with Gasteiger partial charge in [0.2, 0.25) is 11.8 Å². The Bertz CT molecular complexity index is 322. The van der Waals surface area contributed by atoms with E-state index in [0.717, 1.165) is 18.8 Å². The second kappa shape index (κ2) is 25.9. The molecule has 0 unspecified atom stereocenters. The number of hydrogen-bond acceptors (Lipinski definition) is 2. The van der Waals surface area contributed by atoms with Gasteiger partial charge in [0.25, 0.3) is 0 Å². The second-order valence-electron chi connectivity index (χ2n) is 5.90. The minimum atomic E-state index is -0.0169. The fourth-order valence-corrected chi connectivity index (χ4v) is 2.37. The van der Waals surface area contributed by atoms with Crippen LogP contribution < -0.4 is 10.6 Å². The minimum Gasteiger partial charge on any atom is -0.356 e. The first-order valence-corrected chi connectivity index (χ1v) is 10.7. The van der Waals surface area contributed by atoms with E-state index >= 15 is 0 Å². The number of unbranched alkanes of at least 4 members (excludes halogenated alkanes) is 1. The molecule has 0 bridgehead atoms. The van der Waals surface area contributed by atoms with Gasteiger partial charge in [-0.2, -0.15) is 0 Å². The number of allylic oxidation sites excluding steroid dienone is 2. The van der Waals surface area contributed by atoms with Gasteiger partial charge < -0.3 is 10.6 Å². The maximum Gasteiger partial charge on any atom is 0.221 e. The van der Waals surface area contributed by atoms with E-state index in [1.807, 2.05) is 53.7 Å². The van der Waals surface area contributed by atoms with Crippen molar-refractivity contribution in [2.24, 2.45) is 5.92 Å². The number of amides is 2. The maximum absolute atomic E-state index is 11.3. The lowest BCUT2D eigenvalue weighted by Gasteiger charge is -2.04. The zero-order chi connectivity index (χ0) is 20.6. The molecule has 156 valence electrons. The Kier molecular flexibility index (Phi) is 29.3. The first-order chi connectivity index (χ1) is 12.6. The summed E-state index contributed by atoms with van der Waals surface area (Å²) in [6.07, 6.45) is 12.6. The zero-order valence-electron chi connectivity index (χ0n) is 18.6. The molecular formula is C22H46N2O2. The lowest BCUT2D eigenvalue weighted by atomic mass is 10.2. The number of hydrogen-bond donors (Lipinski definition) is 2. The number of carbonyl (C=O) groups excluding carboxylic acids is 2. The smallest absolute Gasteiger partial charge is 0.221 e. The van der Waals surface area contributed by atoms with Gasteiger partial charge in [-0.3, -0.25) is 9.59 Å². The van der Waals surface area contributed by atoms with Crippen LogP contribution in [0.5, 0.6) is 0 Å². The van der Waals surface area contributed by atoms with Crippen LogP contribution in [0.1, 0.15) is 99.8 Å². The third-order valence-corrected chi connectivity index (χ3v) is 3.70. The highest BCUT2D eigenvalue weighted by Gasteiger charge is 2.07. The second-order valence-corrected chi connectivity index (χ2v) is 5.90. The van der Waals surface area contributed by atoms with Gasteiger partial charge in [-0.15, -0.1) is 0 Å². The quantitative estimate of drug-likeness (QED) is 0.430. The van der Waals surface area contributed by atoms with Crippen molar-refractivity contribution in [1.29, 1.82) is 0 Å². The summed E-state index contributed by atoms with van der Waals surface area (Å²) in [5.74, 6) is 1.05. The Morgan fingerprint density at radius 3 is 1.92 bits per heavy atom. The number of nitrogens with one attached hydrogen (secondary N) is 2. The van der Waals surface area contributed by atoms with Crippen molar-refractivity contribution in [2.75, 3.05) is 13.1 Å². The topological polar surface area (TPSA) is 58.2 Å². The predicted molar refractivity (Wildman–Crippen MR) is 115 cm³/mol. The Labute approximate surface area is 163 Å². The van der Waals surface area contributed by atoms with Crippen LogP contribution in [-0.2, 0) is 9.59 Å². The molecule has 1 saturated carbocycles. The SMILES string of the molecule is C/C=C\CCCC(=O)NCCC(=O)NCC.CC.CC.CC1CCCC1. The molecular weight excluding hydrogens is 324 g/mol. The largest absolute Gasteiger partial charge is 0.356 e. The molecule has 0 aromatic rings. The molecule has 0 saturated heterocycles. The van der Waals surface area contributed by atoms with Gasteiger partial charge in [-0.25, -0.2) is 0 Å². The minimum absolute atomic E-state index is 0.0169. The first kappa shape index (κ1) is 29.4. The molecule has 0 aromatic carbocycles. The molecule has 1 aliphatic rings. The van der Waals surface area contributed by atoms with Gasteiger partial charge >= 0.3 is 0 Å². The van der Waals surface area contributed by atoms with Crippen LogP contribution in [0.3, 0.4) is 0 Å². The van der Waals surface area contributed by atoms with E-state index in [2.05, 4.69) is 17.6 Å². The molecule has 0 spiro atoms. The van der Waals surface area contributed by atoms with Gasteiger partial charge in [0.15, 0.2) is 0 Å². The molecule has 2 N–H and O–H groups in total. The molecule has 0 radical (unpaired) electrons. The highest BCUT2D eigenvalue weighted by molar-refractivity contribution is 5.78. The maximum atomic E-state index is 11.3. The van der Waals surface area contributed by atoms with Crippen molar-refractivity contribution in [3.8, 4) is 0 Å². The van der Waals surface area contributed by atoms with Gasteiger partial charge in [0, 0.05) is 25.9 Å². The van der Waals surface area contributed by atoms with Crippen LogP contribution in [-0.4, -0.2) is 24.9 Å². The van der Waals surface area contributed by atoms with Crippen molar-refractivity contribution in [3.63, 3.8) is 0 Å². The van der Waals surface area contributed by atoms with Gasteiger partial charge in [0.1, 0.15) is 0 Å². The van der Waals surface area contributed by atoms with E-state index in [4.69, 9.17) is 0 Å². The van der Waals surface area contributed by atoms with E-state index in [1.165, 1.54) is 25.7 Å². The molecule has 26 heavy (non-hydrogen) atoms. The average Bonchev–Trinajstić information content (AvgIpc) is 3.14. The van der Waals surface area contributed by atoms with E-state index in [0.29, 0.717) is 25.9 Å². The Hall–Kier alpha value is -1.32. The molecule has 1 rings (SSSR count). The van der Waals surface area contributed by atoms with Crippen molar-refractivity contribution >= 4 is 11.8 Å². The zero-order valence-corrected chi connectivity index (χ0v) is 18.6. The van der Waals surface area contributed by atoms with Gasteiger partial charge in [-0.1, -0.05) is 72.5 Å². The van der Waals surface area contributed by atoms with Gasteiger partial charge in [-0.05, 0) is 32.6 Å².